The van der Waals surface area contributed by atoms with Crippen LogP contribution in [0.2, 0.25) is 54.4 Å². The molecule has 0 bridgehead atoms. The van der Waals surface area contributed by atoms with E-state index in [0.29, 0.717) is 6.61 Å². The first-order valence-corrected chi connectivity index (χ1v) is 28.9. The van der Waals surface area contributed by atoms with Gasteiger partial charge in [-0.25, -0.2) is 4.79 Å². The minimum atomic E-state index is -2.24. The van der Waals surface area contributed by atoms with Crippen LogP contribution in [0.1, 0.15) is 75.2 Å². The van der Waals surface area contributed by atoms with Crippen LogP contribution in [0.15, 0.2) is 10.2 Å². The van der Waals surface area contributed by atoms with E-state index in [2.05, 4.69) is 139 Å². The number of rotatable bonds is 12. The average Bonchev–Trinajstić information content (AvgIpc) is 3.27. The maximum Gasteiger partial charge on any atom is 0.338 e. The van der Waals surface area contributed by atoms with Crippen molar-refractivity contribution in [2.45, 2.75) is 197 Å². The van der Waals surface area contributed by atoms with Gasteiger partial charge in [-0.3, -0.25) is 0 Å². The van der Waals surface area contributed by atoms with Gasteiger partial charge in [-0.2, -0.15) is 0 Å². The van der Waals surface area contributed by atoms with Crippen LogP contribution in [0, 0.1) is 0 Å². The zero-order valence-corrected chi connectivity index (χ0v) is 40.4. The van der Waals surface area contributed by atoms with Crippen LogP contribution in [0.4, 0.5) is 0 Å². The third kappa shape index (κ3) is 12.3. The lowest BCUT2D eigenvalue weighted by atomic mass is 9.88. The van der Waals surface area contributed by atoms with Crippen molar-refractivity contribution in [2.75, 3.05) is 20.3 Å². The molecule has 0 unspecified atom stereocenters. The largest absolute Gasteiger partial charge is 0.455 e. The molecule has 3 heterocycles. The molecular weight excluding hydrogens is 848 g/mol. The number of ether oxygens (including phenoxy) is 4. The van der Waals surface area contributed by atoms with Crippen LogP contribution in [0.25, 0.3) is 0 Å². The number of fused-ring (bicyclic) bond motifs is 1. The number of carbonyl (C=O) groups excluding carboxylic acids is 1. The highest BCUT2D eigenvalue weighted by Crippen LogP contribution is 2.47. The Morgan fingerprint density at radius 2 is 1.34 bits per heavy atom. The molecule has 4 N–H and O–H groups in total. The van der Waals surface area contributed by atoms with Crippen LogP contribution < -0.4 is 0 Å². The third-order valence-corrected chi connectivity index (χ3v) is 26.0. The minimum Gasteiger partial charge on any atom is -0.455 e. The lowest BCUT2D eigenvalue weighted by Gasteiger charge is -2.56. The van der Waals surface area contributed by atoms with E-state index < -0.39 is 61.9 Å². The maximum absolute atomic E-state index is 10.6. The van der Waals surface area contributed by atoms with Crippen LogP contribution in [-0.4, -0.2) is 139 Å². The molecule has 0 aromatic carbocycles. The molecule has 0 aromatic heterocycles. The van der Waals surface area contributed by atoms with Gasteiger partial charge in [0.25, 0.3) is 0 Å². The van der Waals surface area contributed by atoms with E-state index in [4.69, 9.17) is 47.9 Å². The standard InChI is InChI=1S/C31H63IO6Si3.C6H10O6/c1-29(2,3)39(11,12)36-24(19-20-32)26-28(38-41(15,16)31(7,8)9)27(37-40(13,14)30(4,5)6)25-23(35-26)18-17-22(34-25)21-33-10;7-1-2(8)5-3(9)4(10)6(11)12-5/h19-20,22-28H,17-18,21H2,1-16H3;2-5,7-10H,1H2/b20-19+;/t22-,23+,24+,25+,26+,27+,28-;2-,3+,4-,5+/m11/s1. The predicted octanol–water partition coefficient (Wildman–Crippen LogP) is 6.05. The molecule has 11 atom stereocenters. The summed E-state index contributed by atoms with van der Waals surface area (Å²) in [4.78, 5) is 10.6. The van der Waals surface area contributed by atoms with Crippen molar-refractivity contribution in [3.8, 4) is 0 Å². The molecule has 53 heavy (non-hydrogen) atoms. The van der Waals surface area contributed by atoms with Gasteiger partial charge in [0.15, 0.2) is 37.2 Å². The molecule has 16 heteroatoms. The molecule has 0 radical (unpaired) electrons. The van der Waals surface area contributed by atoms with E-state index in [1.165, 1.54) is 0 Å². The number of halogens is 1. The molecule has 0 aliphatic carbocycles. The number of esters is 1. The topological polar surface area (TPSA) is 163 Å². The molecule has 3 aliphatic rings. The summed E-state index contributed by atoms with van der Waals surface area (Å²) in [5.41, 5.74) is 0. The summed E-state index contributed by atoms with van der Waals surface area (Å²) in [5, 5.41) is 35.5. The number of aliphatic hydroxyl groups is 4. The average molecular weight is 921 g/mol. The number of methoxy groups -OCH3 is 1. The van der Waals surface area contributed by atoms with Crippen molar-refractivity contribution >= 4 is 53.5 Å². The first-order valence-electron chi connectivity index (χ1n) is 18.9. The van der Waals surface area contributed by atoms with Crippen LogP contribution in [0.3, 0.4) is 0 Å². The highest BCUT2D eigenvalue weighted by atomic mass is 127. The zero-order valence-electron chi connectivity index (χ0n) is 35.3. The van der Waals surface area contributed by atoms with Crippen molar-refractivity contribution < 1.29 is 57.4 Å². The van der Waals surface area contributed by atoms with E-state index in [1.54, 1.807) is 7.11 Å². The maximum atomic E-state index is 10.6. The fourth-order valence-electron chi connectivity index (χ4n) is 5.66. The van der Waals surface area contributed by atoms with Crippen LogP contribution >= 0.6 is 22.6 Å². The Labute approximate surface area is 336 Å². The molecule has 3 aliphatic heterocycles. The van der Waals surface area contributed by atoms with Crippen LogP contribution in [0.5, 0.6) is 0 Å². The Kier molecular flexibility index (Phi) is 17.5. The number of carbonyl (C=O) groups is 1. The number of hydrogen-bond donors (Lipinski definition) is 4. The quantitative estimate of drug-likeness (QED) is 0.102. The van der Waals surface area contributed by atoms with Crippen molar-refractivity contribution in [3.05, 3.63) is 10.2 Å². The summed E-state index contributed by atoms with van der Waals surface area (Å²) in [5.74, 6) is -0.986. The number of aliphatic hydroxyl groups excluding tert-OH is 4. The van der Waals surface area contributed by atoms with E-state index in [1.807, 2.05) is 0 Å². The van der Waals surface area contributed by atoms with E-state index in [-0.39, 0.29) is 57.8 Å². The Morgan fingerprint density at radius 3 is 1.75 bits per heavy atom. The van der Waals surface area contributed by atoms with Crippen LogP contribution in [-0.2, 0) is 37.0 Å². The van der Waals surface area contributed by atoms with Gasteiger partial charge >= 0.3 is 5.97 Å². The van der Waals surface area contributed by atoms with Gasteiger partial charge in [0.2, 0.25) is 0 Å². The highest BCUT2D eigenvalue weighted by molar-refractivity contribution is 14.1. The Bertz CT molecular complexity index is 1200. The van der Waals surface area contributed by atoms with Crippen molar-refractivity contribution in [3.63, 3.8) is 0 Å². The van der Waals surface area contributed by atoms with Crippen molar-refractivity contribution in [1.29, 1.82) is 0 Å². The molecule has 0 aromatic rings. The molecule has 0 saturated carbocycles. The van der Waals surface area contributed by atoms with Gasteiger partial charge in [-0.1, -0.05) is 84.9 Å². The molecule has 3 fully saturated rings. The van der Waals surface area contributed by atoms with E-state index >= 15 is 0 Å². The fourth-order valence-corrected chi connectivity index (χ4v) is 9.92. The summed E-state index contributed by atoms with van der Waals surface area (Å²) >= 11 is 2.31. The van der Waals surface area contributed by atoms with Crippen molar-refractivity contribution in [2.24, 2.45) is 0 Å². The molecular formula is C37H73IO12Si3. The predicted molar refractivity (Wildman–Crippen MR) is 223 cm³/mol. The third-order valence-electron chi connectivity index (χ3n) is 12.2. The van der Waals surface area contributed by atoms with Crippen molar-refractivity contribution in [1.82, 2.24) is 0 Å². The van der Waals surface area contributed by atoms with E-state index in [0.717, 1.165) is 12.8 Å². The summed E-state index contributed by atoms with van der Waals surface area (Å²) in [6.45, 7) is 34.6. The Morgan fingerprint density at radius 1 is 0.830 bits per heavy atom. The second kappa shape index (κ2) is 18.8. The smallest absolute Gasteiger partial charge is 0.338 e. The Hall–Kier alpha value is 0.191. The second-order valence-electron chi connectivity index (χ2n) is 19.3. The minimum absolute atomic E-state index is 0.0222. The summed E-state index contributed by atoms with van der Waals surface area (Å²) in [7, 11) is -4.85. The number of cyclic esters (lactones) is 1. The lowest BCUT2D eigenvalue weighted by Crippen LogP contribution is -2.69. The first kappa shape index (κ1) is 49.3. The van der Waals surface area contributed by atoms with Gasteiger partial charge in [0.05, 0.1) is 31.5 Å². The molecule has 312 valence electrons. The van der Waals surface area contributed by atoms with Gasteiger partial charge in [0, 0.05) is 7.11 Å². The summed E-state index contributed by atoms with van der Waals surface area (Å²) < 4.78 is 47.8. The Balaban J connectivity index is 0.000000683. The highest BCUT2D eigenvalue weighted by Gasteiger charge is 2.57. The fraction of sp³-hybridized carbons (Fsp3) is 0.919. The summed E-state index contributed by atoms with van der Waals surface area (Å²) in [6, 6.07) is 0. The second-order valence-corrected chi connectivity index (χ2v) is 34.3. The van der Waals surface area contributed by atoms with Gasteiger partial charge < -0.3 is 52.7 Å². The summed E-state index contributed by atoms with van der Waals surface area (Å²) in [6.07, 6.45) is -3.14. The first-order chi connectivity index (χ1) is 24.0. The van der Waals surface area contributed by atoms with Gasteiger partial charge in [-0.15, -0.1) is 0 Å². The normalized spacial score (nSPS) is 31.8. The molecule has 0 amide bonds. The van der Waals surface area contributed by atoms with Gasteiger partial charge in [0.1, 0.15) is 36.6 Å². The van der Waals surface area contributed by atoms with Gasteiger partial charge in [-0.05, 0) is 77.4 Å². The zero-order chi connectivity index (χ0) is 41.1. The monoisotopic (exact) mass is 920 g/mol. The van der Waals surface area contributed by atoms with E-state index in [9.17, 15) is 4.79 Å². The SMILES string of the molecule is COC[C@H]1CC[C@@H]2O[C@@H]([C@H](/C=C/I)O[Si](C)(C)C(C)(C)C)[C@@H](O[Si](C)(C)C(C)(C)C)[C@@H](O[Si](C)(C)C(C)(C)C)[C@H]2O1.O=C1O[C@@H]([C@H](O)CO)[C@@H](O)[C@H]1O. The number of hydrogen-bond acceptors (Lipinski definition) is 12. The lowest BCUT2D eigenvalue weighted by molar-refractivity contribution is -0.269. The molecule has 3 saturated heterocycles. The molecule has 0 spiro atoms. The molecule has 12 nitrogen and oxygen atoms in total. The molecule has 3 rings (SSSR count).